The van der Waals surface area contributed by atoms with Crippen LogP contribution in [0.2, 0.25) is 0 Å². The Balaban J connectivity index is 0.913. The first-order valence-electron chi connectivity index (χ1n) is 20.0. The molecule has 0 radical (unpaired) electrons. The van der Waals surface area contributed by atoms with Gasteiger partial charge in [0, 0.05) is 74.2 Å². The van der Waals surface area contributed by atoms with Crippen LogP contribution in [0.5, 0.6) is 0 Å². The molecule has 15 heteroatoms. The average molecular weight is 790 g/mol. The molecule has 0 unspecified atom stereocenters. The first-order chi connectivity index (χ1) is 26.9. The Bertz CT molecular complexity index is 1710. The average Bonchev–Trinajstić information content (AvgIpc) is 3.16. The molecular formula is C41H59N9O5S. The fraction of sp³-hybridized carbons (Fsp3) is 0.585. The molecule has 2 fully saturated rings. The minimum Gasteiger partial charge on any atom is -0.462 e. The summed E-state index contributed by atoms with van der Waals surface area (Å²) < 4.78 is 10.5. The van der Waals surface area contributed by atoms with Gasteiger partial charge in [-0.3, -0.25) is 9.69 Å². The number of carbonyl (C=O) groups excluding carboxylic acids is 3. The van der Waals surface area contributed by atoms with Crippen molar-refractivity contribution in [3.63, 3.8) is 0 Å². The molecule has 2 amide bonds. The van der Waals surface area contributed by atoms with Crippen LogP contribution in [-0.2, 0) is 14.3 Å². The number of benzene rings is 1. The number of amides is 2. The third-order valence-corrected chi connectivity index (χ3v) is 10.8. The highest BCUT2D eigenvalue weighted by Gasteiger charge is 2.33. The van der Waals surface area contributed by atoms with E-state index in [1.807, 2.05) is 45.0 Å². The van der Waals surface area contributed by atoms with Crippen LogP contribution in [0.15, 0.2) is 59.0 Å². The predicted octanol–water partition coefficient (Wildman–Crippen LogP) is 6.97. The highest BCUT2D eigenvalue weighted by Crippen LogP contribution is 2.30. The van der Waals surface area contributed by atoms with Crippen molar-refractivity contribution in [3.8, 4) is 0 Å². The summed E-state index contributed by atoms with van der Waals surface area (Å²) in [6.07, 6.45) is 14.9. The maximum atomic E-state index is 12.7. The van der Waals surface area contributed by atoms with Crippen LogP contribution in [-0.4, -0.2) is 106 Å². The van der Waals surface area contributed by atoms with Crippen LogP contribution in [0.4, 0.5) is 22.2 Å². The highest BCUT2D eigenvalue weighted by atomic mass is 32.2. The summed E-state index contributed by atoms with van der Waals surface area (Å²) in [6.45, 7) is 16.0. The number of carbonyl (C=O) groups is 3. The number of unbranched alkanes of at least 4 members (excludes halogenated alkanes) is 5. The maximum absolute atomic E-state index is 12.7. The zero-order valence-corrected chi connectivity index (χ0v) is 34.5. The van der Waals surface area contributed by atoms with E-state index < -0.39 is 11.6 Å². The van der Waals surface area contributed by atoms with Crippen molar-refractivity contribution in [3.05, 3.63) is 54.6 Å². The van der Waals surface area contributed by atoms with Gasteiger partial charge in [-0.15, -0.1) is 0 Å². The lowest BCUT2D eigenvalue weighted by Gasteiger charge is -2.40. The molecule has 0 atom stereocenters. The van der Waals surface area contributed by atoms with E-state index >= 15 is 0 Å². The Morgan fingerprint density at radius 3 is 2.20 bits per heavy atom. The summed E-state index contributed by atoms with van der Waals surface area (Å²) in [7, 11) is 0. The molecule has 3 aromatic rings. The number of nitrogens with zero attached hydrogens (tertiary/aromatic N) is 7. The number of nitrogens with one attached hydrogen (secondary N) is 2. The molecule has 2 saturated heterocycles. The van der Waals surface area contributed by atoms with Gasteiger partial charge in [0.2, 0.25) is 11.9 Å². The van der Waals surface area contributed by atoms with Gasteiger partial charge in [-0.2, -0.15) is 0 Å². The molecule has 0 aliphatic carbocycles. The van der Waals surface area contributed by atoms with Gasteiger partial charge in [0.1, 0.15) is 16.4 Å². The van der Waals surface area contributed by atoms with Gasteiger partial charge in [0.05, 0.1) is 24.6 Å². The smallest absolute Gasteiger partial charge is 0.408 e. The largest absolute Gasteiger partial charge is 0.462 e. The quantitative estimate of drug-likeness (QED) is 0.107. The van der Waals surface area contributed by atoms with Crippen molar-refractivity contribution >= 4 is 47.2 Å². The minimum atomic E-state index is -0.530. The molecule has 2 aliphatic rings. The number of piperazine rings is 1. The molecule has 0 bridgehead atoms. The van der Waals surface area contributed by atoms with Crippen molar-refractivity contribution in [2.45, 2.75) is 113 Å². The second-order valence-electron chi connectivity index (χ2n) is 15.8. The second-order valence-corrected chi connectivity index (χ2v) is 16.9. The lowest BCUT2D eigenvalue weighted by Crippen LogP contribution is -2.54. The number of hydrogen-bond donors (Lipinski definition) is 2. The summed E-state index contributed by atoms with van der Waals surface area (Å²) in [5.41, 5.74) is 0.297. The van der Waals surface area contributed by atoms with Crippen LogP contribution in [0.3, 0.4) is 0 Å². The maximum Gasteiger partial charge on any atom is 0.408 e. The zero-order chi connectivity index (χ0) is 40.0. The number of esters is 1. The molecule has 304 valence electrons. The van der Waals surface area contributed by atoms with Crippen LogP contribution < -0.4 is 20.4 Å². The third kappa shape index (κ3) is 13.9. The third-order valence-electron chi connectivity index (χ3n) is 9.88. The van der Waals surface area contributed by atoms with Gasteiger partial charge in [0.25, 0.3) is 0 Å². The predicted molar refractivity (Wildman–Crippen MR) is 219 cm³/mol. The number of hydrogen-bond acceptors (Lipinski definition) is 13. The normalized spacial score (nSPS) is 15.9. The number of aromatic nitrogens is 4. The molecular weight excluding hydrogens is 731 g/mol. The number of rotatable bonds is 17. The first kappa shape index (κ1) is 42.6. The highest BCUT2D eigenvalue weighted by molar-refractivity contribution is 7.99. The number of ether oxygens (including phenoxy) is 2. The van der Waals surface area contributed by atoms with Crippen LogP contribution in [0.25, 0.3) is 0 Å². The lowest BCUT2D eigenvalue weighted by molar-refractivity contribution is -0.116. The molecule has 5 rings (SSSR count). The van der Waals surface area contributed by atoms with Gasteiger partial charge >= 0.3 is 12.1 Å². The zero-order valence-electron chi connectivity index (χ0n) is 33.7. The van der Waals surface area contributed by atoms with Gasteiger partial charge in [0.15, 0.2) is 0 Å². The van der Waals surface area contributed by atoms with E-state index in [1.165, 1.54) is 31.0 Å². The van der Waals surface area contributed by atoms with Crippen molar-refractivity contribution in [1.29, 1.82) is 0 Å². The summed E-state index contributed by atoms with van der Waals surface area (Å²) in [5, 5.41) is 6.88. The van der Waals surface area contributed by atoms with Crippen molar-refractivity contribution < 1.29 is 23.9 Å². The second kappa shape index (κ2) is 20.6. The molecule has 56 heavy (non-hydrogen) atoms. The van der Waals surface area contributed by atoms with E-state index in [4.69, 9.17) is 9.47 Å². The Hall–Kier alpha value is -4.50. The fourth-order valence-electron chi connectivity index (χ4n) is 6.72. The van der Waals surface area contributed by atoms with E-state index in [0.29, 0.717) is 24.5 Å². The summed E-state index contributed by atoms with van der Waals surface area (Å²) >= 11 is 1.51. The minimum absolute atomic E-state index is 0.0368. The van der Waals surface area contributed by atoms with E-state index in [0.717, 1.165) is 99.3 Å². The van der Waals surface area contributed by atoms with E-state index in [1.54, 1.807) is 31.7 Å². The summed E-state index contributed by atoms with van der Waals surface area (Å²) in [5.74, 6) is 1.11. The Morgan fingerprint density at radius 2 is 1.54 bits per heavy atom. The van der Waals surface area contributed by atoms with Crippen LogP contribution in [0.1, 0.15) is 103 Å². The molecule has 4 heterocycles. The Morgan fingerprint density at radius 1 is 0.839 bits per heavy atom. The van der Waals surface area contributed by atoms with Gasteiger partial charge < -0.3 is 29.9 Å². The lowest BCUT2D eigenvalue weighted by atomic mass is 9.90. The van der Waals surface area contributed by atoms with Crippen LogP contribution >= 0.6 is 11.8 Å². The monoisotopic (exact) mass is 789 g/mol. The van der Waals surface area contributed by atoms with Crippen LogP contribution in [0, 0.1) is 0 Å². The standard InChI is InChI=1S/C41H59N9O5S/c1-6-54-37(52)31-27-44-38(45-28-31)50-24-22-48(23-25-50)19-12-10-8-7-9-11-16-35(51)46-32-14-13-15-33(26-32)56-36-30-42-34(29-43-36)49-20-17-41(5,18-21-49)47-39(53)55-40(2,3)4/h13-15,26-30H,6-12,16-25H2,1-5H3,(H,46,51)(H,47,53). The first-order valence-corrected chi connectivity index (χ1v) is 20.8. The molecule has 2 aromatic heterocycles. The van der Waals surface area contributed by atoms with Gasteiger partial charge in [-0.1, -0.05) is 43.5 Å². The fourth-order valence-corrected chi connectivity index (χ4v) is 7.50. The number of piperidine rings is 1. The molecule has 0 saturated carbocycles. The van der Waals surface area contributed by atoms with Crippen molar-refractivity contribution in [1.82, 2.24) is 30.2 Å². The summed E-state index contributed by atoms with van der Waals surface area (Å²) in [4.78, 5) is 62.8. The van der Waals surface area contributed by atoms with E-state index in [9.17, 15) is 14.4 Å². The molecule has 0 spiro atoms. The topological polar surface area (TPSA) is 155 Å². The van der Waals surface area contributed by atoms with E-state index in [-0.39, 0.29) is 17.5 Å². The SMILES string of the molecule is CCOC(=O)c1cnc(N2CCN(CCCCCCCCC(=O)Nc3cccc(Sc4cnc(N5CCC(C)(NC(=O)OC(C)(C)C)CC5)cn4)c3)CC2)nc1. The Labute approximate surface area is 335 Å². The molecule has 2 aliphatic heterocycles. The van der Waals surface area contributed by atoms with Gasteiger partial charge in [-0.05, 0) is 85.0 Å². The number of anilines is 3. The van der Waals surface area contributed by atoms with Crippen molar-refractivity contribution in [2.75, 3.05) is 67.5 Å². The summed E-state index contributed by atoms with van der Waals surface area (Å²) in [6, 6.07) is 7.83. The molecule has 1 aromatic carbocycles. The molecule has 14 nitrogen and oxygen atoms in total. The van der Waals surface area contributed by atoms with Gasteiger partial charge in [-0.25, -0.2) is 29.5 Å². The van der Waals surface area contributed by atoms with E-state index in [2.05, 4.69) is 52.2 Å². The Kier molecular flexibility index (Phi) is 15.7. The number of alkyl carbamates (subject to hydrolysis) is 1. The van der Waals surface area contributed by atoms with Crippen molar-refractivity contribution in [2.24, 2.45) is 0 Å². The molecule has 2 N–H and O–H groups in total.